The molecular weight excluding hydrogens is 1820 g/mol. The molecule has 0 unspecified atom stereocenters. The molecule has 12 aromatic rings. The maximum atomic E-state index is 14.6. The number of ether oxygens (including phenoxy) is 2. The van der Waals surface area contributed by atoms with Crippen molar-refractivity contribution in [2.24, 2.45) is 0 Å². The van der Waals surface area contributed by atoms with Crippen LogP contribution in [0.1, 0.15) is 243 Å². The first kappa shape index (κ1) is 107. The Bertz CT molecular complexity index is 6390. The number of aliphatic hydroxyl groups is 3. The summed E-state index contributed by atoms with van der Waals surface area (Å²) in [5.41, 5.74) is 14.7. The third-order valence-electron chi connectivity index (χ3n) is 26.4. The second-order valence-electron chi connectivity index (χ2n) is 37.1. The van der Waals surface area contributed by atoms with Crippen LogP contribution in [0.4, 0.5) is 17.1 Å². The maximum absolute atomic E-state index is 14.6. The average molecular weight is 1950 g/mol. The Hall–Kier alpha value is -14.7. The number of hydrogen-bond acceptors (Lipinski definition) is 17. The fourth-order valence-electron chi connectivity index (χ4n) is 18.4. The highest BCUT2D eigenvalue weighted by Gasteiger charge is 2.38. The number of anilines is 3. The molecule has 0 spiro atoms. The Labute approximate surface area is 844 Å². The van der Waals surface area contributed by atoms with Crippen LogP contribution in [0.15, 0.2) is 231 Å². The topological polar surface area (TPSA) is 342 Å². The van der Waals surface area contributed by atoms with Gasteiger partial charge in [0.25, 0.3) is 41.4 Å². The molecule has 15 rings (SSSR count). The fraction of sp³-hybridized carbons (Fsp3) is 0.374. The van der Waals surface area contributed by atoms with Crippen molar-refractivity contribution in [3.63, 3.8) is 0 Å². The molecule has 3 atom stereocenters. The monoisotopic (exact) mass is 1950 g/mol. The van der Waals surface area contributed by atoms with Crippen molar-refractivity contribution in [1.82, 2.24) is 58.7 Å². The number of para-hydroxylation sites is 2. The number of unbranched alkanes of at least 4 members (excludes halogenated alkanes) is 6. The molecule has 9 aromatic carbocycles. The van der Waals surface area contributed by atoms with E-state index in [-0.39, 0.29) is 98.0 Å². The molecule has 6 heterocycles. The molecular formula is C115H137N15O14. The van der Waals surface area contributed by atoms with Crippen molar-refractivity contribution in [1.29, 1.82) is 0 Å². The Morgan fingerprint density at radius 1 is 0.354 bits per heavy atom. The van der Waals surface area contributed by atoms with E-state index in [2.05, 4.69) is 57.5 Å². The molecule has 3 aliphatic rings. The lowest BCUT2D eigenvalue weighted by Gasteiger charge is -2.36. The highest BCUT2D eigenvalue weighted by molar-refractivity contribution is 6.04. The van der Waals surface area contributed by atoms with Gasteiger partial charge < -0.3 is 70.1 Å². The Morgan fingerprint density at radius 2 is 0.653 bits per heavy atom. The zero-order valence-corrected chi connectivity index (χ0v) is 84.6. The van der Waals surface area contributed by atoms with E-state index < -0.39 is 18.1 Å². The van der Waals surface area contributed by atoms with Crippen molar-refractivity contribution in [3.8, 4) is 28.6 Å². The maximum Gasteiger partial charge on any atom is 0.274 e. The summed E-state index contributed by atoms with van der Waals surface area (Å²) >= 11 is 0. The lowest BCUT2D eigenvalue weighted by Crippen LogP contribution is -2.46. The van der Waals surface area contributed by atoms with Gasteiger partial charge in [0.05, 0.1) is 91.7 Å². The Morgan fingerprint density at radius 3 is 0.979 bits per heavy atom. The molecule has 0 bridgehead atoms. The van der Waals surface area contributed by atoms with E-state index in [1.165, 1.54) is 0 Å². The number of rotatable bonds is 41. The summed E-state index contributed by atoms with van der Waals surface area (Å²) in [7, 11) is 1.57. The van der Waals surface area contributed by atoms with Crippen molar-refractivity contribution < 1.29 is 67.9 Å². The molecule has 29 heteroatoms. The quantitative estimate of drug-likeness (QED) is 0.0207. The number of carbonyl (C=O) groups is 9. The van der Waals surface area contributed by atoms with Crippen LogP contribution in [-0.4, -0.2) is 218 Å². The first-order chi connectivity index (χ1) is 69.9. The van der Waals surface area contributed by atoms with Crippen LogP contribution in [0.2, 0.25) is 0 Å². The average Bonchev–Trinajstić information content (AvgIpc) is 1.45. The summed E-state index contributed by atoms with van der Waals surface area (Å²) in [5, 5.41) is 54.1. The molecule has 6 N–H and O–H groups in total. The number of amides is 9. The number of aliphatic hydroxyl groups excluding tert-OH is 3. The van der Waals surface area contributed by atoms with E-state index in [1.54, 1.807) is 127 Å². The van der Waals surface area contributed by atoms with Crippen molar-refractivity contribution in [2.45, 2.75) is 209 Å². The van der Waals surface area contributed by atoms with Crippen LogP contribution in [0.3, 0.4) is 0 Å². The molecule has 144 heavy (non-hydrogen) atoms. The van der Waals surface area contributed by atoms with Crippen LogP contribution in [0.5, 0.6) is 11.5 Å². The zero-order valence-electron chi connectivity index (χ0n) is 84.6. The second-order valence-corrected chi connectivity index (χ2v) is 37.1. The van der Waals surface area contributed by atoms with Gasteiger partial charge in [-0.1, -0.05) is 220 Å². The largest absolute Gasteiger partial charge is 0.496 e. The molecule has 0 fully saturated rings. The number of nitrogens with zero attached hydrogens (tertiary/aromatic N) is 12. The third-order valence-corrected chi connectivity index (χ3v) is 26.4. The molecule has 0 aliphatic carbocycles. The predicted octanol–water partition coefficient (Wildman–Crippen LogP) is 17.7. The predicted molar refractivity (Wildman–Crippen MR) is 559 cm³/mol. The van der Waals surface area contributed by atoms with Crippen LogP contribution in [0.25, 0.3) is 17.1 Å². The minimum absolute atomic E-state index is 0.0842. The van der Waals surface area contributed by atoms with Gasteiger partial charge >= 0.3 is 0 Å². The summed E-state index contributed by atoms with van der Waals surface area (Å²) in [6.07, 6.45) is 13.2. The van der Waals surface area contributed by atoms with Gasteiger partial charge in [-0.2, -0.15) is 15.3 Å². The van der Waals surface area contributed by atoms with Crippen molar-refractivity contribution in [2.75, 3.05) is 88.8 Å². The minimum atomic E-state index is -0.431. The smallest absolute Gasteiger partial charge is 0.274 e. The lowest BCUT2D eigenvalue weighted by atomic mass is 9.93. The summed E-state index contributed by atoms with van der Waals surface area (Å²) < 4.78 is 15.9. The van der Waals surface area contributed by atoms with E-state index in [9.17, 15) is 58.5 Å². The minimum Gasteiger partial charge on any atom is -0.496 e. The number of methoxy groups -OCH3 is 1. The van der Waals surface area contributed by atoms with Gasteiger partial charge in [0.2, 0.25) is 11.8 Å². The van der Waals surface area contributed by atoms with Gasteiger partial charge in [0, 0.05) is 98.6 Å². The molecule has 9 amide bonds. The summed E-state index contributed by atoms with van der Waals surface area (Å²) in [4.78, 5) is 134. The van der Waals surface area contributed by atoms with E-state index in [1.807, 2.05) is 175 Å². The van der Waals surface area contributed by atoms with E-state index >= 15 is 0 Å². The Kier molecular flexibility index (Phi) is 38.8. The van der Waals surface area contributed by atoms with E-state index in [4.69, 9.17) is 24.8 Å². The third kappa shape index (κ3) is 27.2. The molecule has 0 saturated carbocycles. The normalized spacial score (nSPS) is 14.0. The van der Waals surface area contributed by atoms with Crippen LogP contribution < -0.4 is 25.4 Å². The van der Waals surface area contributed by atoms with Gasteiger partial charge in [-0.3, -0.25) is 43.2 Å². The van der Waals surface area contributed by atoms with Crippen LogP contribution in [-0.2, 0) is 66.1 Å². The van der Waals surface area contributed by atoms with E-state index in [0.717, 1.165) is 122 Å². The molecule has 0 saturated heterocycles. The molecule has 3 aromatic heterocycles. The lowest BCUT2D eigenvalue weighted by molar-refractivity contribution is -0.118. The second kappa shape index (κ2) is 52.4. The molecule has 0 radical (unpaired) electrons. The van der Waals surface area contributed by atoms with E-state index in [0.29, 0.717) is 169 Å². The van der Waals surface area contributed by atoms with Gasteiger partial charge in [-0.15, -0.1) is 0 Å². The van der Waals surface area contributed by atoms with Crippen molar-refractivity contribution in [3.05, 3.63) is 326 Å². The Balaban J connectivity index is 0.000000181. The van der Waals surface area contributed by atoms with Gasteiger partial charge in [-0.25, -0.2) is 14.0 Å². The number of aryl methyl sites for hydroxylation is 3. The van der Waals surface area contributed by atoms with Gasteiger partial charge in [0.1, 0.15) is 11.5 Å². The van der Waals surface area contributed by atoms with Crippen LogP contribution in [0, 0.1) is 20.8 Å². The zero-order chi connectivity index (χ0) is 102. The standard InChI is InChI=1S/C39H47N5O5.C38H45N5O5.C38H45N5O4/c1-5-7-19-42(20-8-6-2)39(48)34-21-27(3)44(41-34)35-18-17-31(40-37(46)23-29-14-11-12-16-36(29)49-4)24-33(35)38(47)43-25-30-15-10-9-13-28(30)22-32(43)26-45;1-4-6-19-41(20-7-5-2)38(47)34-21-27(3)43(40-34)35-18-17-30(39-36(45)26-48-32-15-9-8-10-16-32)23-33(35)37(46)42-24-29-14-12-11-13-28(29)22-31(42)25-44;1-4-6-19-41(20-7-5-2)38(47)34-21-27(3)43(40-34)35-18-17-31(39-36(45)22-28-13-9-8-10-14-28)24-33(35)37(46)42-25-30-16-12-11-15-29(30)23-32(42)26-44/h9-18,21,24,32,45H,5-8,19-20,22-23,25-26H2,1-4H3,(H,40,46);8-18,21,23,31,44H,4-7,19-20,22,24-26H2,1-3H3,(H,39,45);8-18,21,24,32,44H,4-7,19-20,22-23,25-26H2,1-3H3,(H,39,45)/t32-;31-;32-/m000/s1. The number of hydrogen-bond donors (Lipinski definition) is 6. The number of aromatic nitrogens is 6. The highest BCUT2D eigenvalue weighted by atomic mass is 16.5. The van der Waals surface area contributed by atoms with Gasteiger partial charge in [0.15, 0.2) is 23.7 Å². The summed E-state index contributed by atoms with van der Waals surface area (Å²) in [5.74, 6) is -0.969. The summed E-state index contributed by atoms with van der Waals surface area (Å²) in [6.45, 7) is 22.4. The fourth-order valence-corrected chi connectivity index (χ4v) is 18.4. The number of benzene rings is 9. The van der Waals surface area contributed by atoms with Crippen molar-refractivity contribution >= 4 is 70.2 Å². The first-order valence-electron chi connectivity index (χ1n) is 50.6. The highest BCUT2D eigenvalue weighted by Crippen LogP contribution is 2.36. The molecule has 29 nitrogen and oxygen atoms in total. The van der Waals surface area contributed by atoms with Gasteiger partial charge in [-0.05, 0) is 208 Å². The number of carbonyl (C=O) groups excluding carboxylic acids is 9. The SMILES string of the molecule is CCCCN(CCCC)C(=O)c1cc(C)n(-c2ccc(NC(=O)COc3ccccc3)cc2C(=O)N2Cc3ccccc3C[C@H]2CO)n1.CCCCN(CCCC)C(=O)c1cc(C)n(-c2ccc(NC(=O)Cc3ccccc3)cc2C(=O)N2Cc3ccccc3C[C@H]2CO)n1.CCCCN(CCCC)C(=O)c1cc(C)n(-c2ccc(NC(=O)Cc3ccccc3OC)cc2C(=O)N2Cc3ccccc3C[C@H]2CO)n1. The summed E-state index contributed by atoms with van der Waals surface area (Å²) in [6, 6.07) is 69.1. The molecule has 756 valence electrons. The number of nitrogens with one attached hydrogen (secondary N) is 3. The first-order valence-corrected chi connectivity index (χ1v) is 50.6. The molecule has 3 aliphatic heterocycles. The van der Waals surface area contributed by atoms with Crippen LogP contribution >= 0.6 is 0 Å². The number of fused-ring (bicyclic) bond motifs is 3.